The predicted molar refractivity (Wildman–Crippen MR) is 83.2 cm³/mol. The average molecular weight is 328 g/mol. The summed E-state index contributed by atoms with van der Waals surface area (Å²) in [6.45, 7) is 4.93. The molecule has 0 radical (unpaired) electrons. The molecule has 0 aliphatic heterocycles. The van der Waals surface area contributed by atoms with Gasteiger partial charge in [-0.3, -0.25) is 4.79 Å². The van der Waals surface area contributed by atoms with Gasteiger partial charge in [0.15, 0.2) is 11.5 Å². The molecule has 0 atom stereocenters. The van der Waals surface area contributed by atoms with Crippen LogP contribution in [0.2, 0.25) is 5.02 Å². The van der Waals surface area contributed by atoms with Gasteiger partial charge in [-0.2, -0.15) is 0 Å². The average Bonchev–Trinajstić information content (AvgIpc) is 2.39. The summed E-state index contributed by atoms with van der Waals surface area (Å²) in [4.78, 5) is 22.1. The van der Waals surface area contributed by atoms with E-state index < -0.39 is 11.9 Å². The molecule has 0 spiro atoms. The van der Waals surface area contributed by atoms with Gasteiger partial charge in [0.25, 0.3) is 0 Å². The van der Waals surface area contributed by atoms with Crippen molar-refractivity contribution in [2.45, 2.75) is 26.9 Å². The minimum absolute atomic E-state index is 0.0956. The number of methoxy groups -OCH3 is 1. The van der Waals surface area contributed by atoms with Crippen molar-refractivity contribution in [1.82, 2.24) is 5.32 Å². The third-order valence-electron chi connectivity index (χ3n) is 2.46. The Balaban J connectivity index is 3.28. The van der Waals surface area contributed by atoms with Gasteiger partial charge >= 0.3 is 5.97 Å². The summed E-state index contributed by atoms with van der Waals surface area (Å²) >= 11 is 6.16. The number of hydrogen-bond acceptors (Lipinski definition) is 4. The van der Waals surface area contributed by atoms with Gasteiger partial charge in [0, 0.05) is 6.92 Å². The Morgan fingerprint density at radius 1 is 1.36 bits per heavy atom. The van der Waals surface area contributed by atoms with Crippen LogP contribution in [0.25, 0.3) is 6.08 Å². The van der Waals surface area contributed by atoms with E-state index in [1.54, 1.807) is 6.07 Å². The molecule has 0 fully saturated rings. The van der Waals surface area contributed by atoms with Crippen LogP contribution in [-0.2, 0) is 9.59 Å². The first-order valence-electron chi connectivity index (χ1n) is 6.51. The van der Waals surface area contributed by atoms with E-state index in [1.165, 1.54) is 26.2 Å². The van der Waals surface area contributed by atoms with E-state index in [9.17, 15) is 9.59 Å². The first-order valence-corrected chi connectivity index (χ1v) is 6.89. The fourth-order valence-electron chi connectivity index (χ4n) is 1.68. The van der Waals surface area contributed by atoms with E-state index in [4.69, 9.17) is 26.2 Å². The van der Waals surface area contributed by atoms with E-state index in [0.717, 1.165) is 0 Å². The summed E-state index contributed by atoms with van der Waals surface area (Å²) < 4.78 is 10.8. The van der Waals surface area contributed by atoms with Crippen LogP contribution in [0.1, 0.15) is 26.3 Å². The van der Waals surface area contributed by atoms with Crippen molar-refractivity contribution in [3.05, 3.63) is 28.4 Å². The maximum atomic E-state index is 11.1. The topological polar surface area (TPSA) is 84.9 Å². The van der Waals surface area contributed by atoms with Gasteiger partial charge in [-0.1, -0.05) is 11.6 Å². The Morgan fingerprint density at radius 2 is 2.00 bits per heavy atom. The first kappa shape index (κ1) is 17.8. The van der Waals surface area contributed by atoms with Gasteiger partial charge in [0.1, 0.15) is 5.70 Å². The van der Waals surface area contributed by atoms with E-state index in [0.29, 0.717) is 17.1 Å². The highest BCUT2D eigenvalue weighted by Gasteiger charge is 2.15. The molecule has 0 aliphatic rings. The number of hydrogen-bond donors (Lipinski definition) is 2. The van der Waals surface area contributed by atoms with Crippen molar-refractivity contribution in [3.8, 4) is 11.5 Å². The summed E-state index contributed by atoms with van der Waals surface area (Å²) in [7, 11) is 1.46. The van der Waals surface area contributed by atoms with Crippen LogP contribution in [-0.4, -0.2) is 30.2 Å². The fraction of sp³-hybridized carbons (Fsp3) is 0.333. The molecule has 1 rings (SSSR count). The Labute approximate surface area is 133 Å². The SMILES string of the molecule is COc1cc(C=C(NC(C)=O)C(=O)O)cc(Cl)c1OC(C)C. The monoisotopic (exact) mass is 327 g/mol. The van der Waals surface area contributed by atoms with Gasteiger partial charge < -0.3 is 19.9 Å². The summed E-state index contributed by atoms with van der Waals surface area (Å²) in [5, 5.41) is 11.6. The summed E-state index contributed by atoms with van der Waals surface area (Å²) in [6, 6.07) is 3.11. The molecule has 6 nitrogen and oxygen atoms in total. The molecule has 0 heterocycles. The third-order valence-corrected chi connectivity index (χ3v) is 2.74. The highest BCUT2D eigenvalue weighted by Crippen LogP contribution is 2.37. The minimum Gasteiger partial charge on any atom is -0.493 e. The van der Waals surface area contributed by atoms with Crippen molar-refractivity contribution in [3.63, 3.8) is 0 Å². The molecule has 0 saturated heterocycles. The van der Waals surface area contributed by atoms with Gasteiger partial charge in [-0.05, 0) is 37.6 Å². The van der Waals surface area contributed by atoms with Crippen molar-refractivity contribution in [1.29, 1.82) is 0 Å². The van der Waals surface area contributed by atoms with Crippen LogP contribution in [0.4, 0.5) is 0 Å². The smallest absolute Gasteiger partial charge is 0.352 e. The number of rotatable bonds is 6. The molecule has 0 unspecified atom stereocenters. The van der Waals surface area contributed by atoms with Crippen molar-refractivity contribution >= 4 is 29.6 Å². The Hall–Kier alpha value is -2.21. The van der Waals surface area contributed by atoms with Gasteiger partial charge in [0.05, 0.1) is 18.2 Å². The number of aliphatic carboxylic acids is 1. The van der Waals surface area contributed by atoms with Crippen LogP contribution in [0.3, 0.4) is 0 Å². The maximum absolute atomic E-state index is 11.1. The zero-order valence-corrected chi connectivity index (χ0v) is 13.5. The number of benzene rings is 1. The molecule has 7 heteroatoms. The Morgan fingerprint density at radius 3 is 2.45 bits per heavy atom. The van der Waals surface area contributed by atoms with Crippen molar-refractivity contribution in [2.24, 2.45) is 0 Å². The van der Waals surface area contributed by atoms with Crippen molar-refractivity contribution < 1.29 is 24.2 Å². The highest BCUT2D eigenvalue weighted by atomic mass is 35.5. The molecular weight excluding hydrogens is 310 g/mol. The third kappa shape index (κ3) is 4.96. The Kier molecular flexibility index (Phi) is 6.24. The van der Waals surface area contributed by atoms with E-state index in [1.807, 2.05) is 13.8 Å². The summed E-state index contributed by atoms with van der Waals surface area (Å²) in [6.07, 6.45) is 1.19. The summed E-state index contributed by atoms with van der Waals surface area (Å²) in [5.74, 6) is -0.980. The number of ether oxygens (including phenoxy) is 2. The molecule has 1 aromatic carbocycles. The van der Waals surface area contributed by atoms with E-state index >= 15 is 0 Å². The van der Waals surface area contributed by atoms with E-state index in [-0.39, 0.29) is 16.8 Å². The highest BCUT2D eigenvalue weighted by molar-refractivity contribution is 6.32. The lowest BCUT2D eigenvalue weighted by molar-refractivity contribution is -0.134. The lowest BCUT2D eigenvalue weighted by Gasteiger charge is -2.16. The molecule has 0 aromatic heterocycles. The van der Waals surface area contributed by atoms with Gasteiger partial charge in [-0.15, -0.1) is 0 Å². The maximum Gasteiger partial charge on any atom is 0.352 e. The molecule has 1 aromatic rings. The lowest BCUT2D eigenvalue weighted by Crippen LogP contribution is -2.24. The number of carboxylic acids is 1. The standard InChI is InChI=1S/C15H18ClNO5/c1-8(2)22-14-11(16)5-10(7-13(14)21-4)6-12(15(19)20)17-9(3)18/h5-8H,1-4H3,(H,17,18)(H,19,20). The van der Waals surface area contributed by atoms with Crippen LogP contribution < -0.4 is 14.8 Å². The molecule has 0 aliphatic carbocycles. The van der Waals surface area contributed by atoms with Crippen molar-refractivity contribution in [2.75, 3.05) is 7.11 Å². The zero-order chi connectivity index (χ0) is 16.9. The molecule has 0 saturated carbocycles. The molecule has 120 valence electrons. The number of amides is 1. The van der Waals surface area contributed by atoms with Crippen LogP contribution in [0, 0.1) is 0 Å². The number of carbonyl (C=O) groups is 2. The number of carboxylic acid groups (broad SMARTS) is 1. The number of halogens is 1. The van der Waals surface area contributed by atoms with Crippen LogP contribution >= 0.6 is 11.6 Å². The Bertz CT molecular complexity index is 610. The predicted octanol–water partition coefficient (Wildman–Crippen LogP) is 2.70. The number of carbonyl (C=O) groups excluding carboxylic acids is 1. The largest absolute Gasteiger partial charge is 0.493 e. The molecule has 0 bridgehead atoms. The second kappa shape index (κ2) is 7.70. The van der Waals surface area contributed by atoms with Gasteiger partial charge in [-0.25, -0.2) is 4.79 Å². The second-order valence-corrected chi connectivity index (χ2v) is 5.15. The fourth-order valence-corrected chi connectivity index (χ4v) is 1.94. The molecular formula is C15H18ClNO5. The second-order valence-electron chi connectivity index (χ2n) is 4.75. The lowest BCUT2D eigenvalue weighted by atomic mass is 10.1. The molecule has 22 heavy (non-hydrogen) atoms. The van der Waals surface area contributed by atoms with Gasteiger partial charge in [0.2, 0.25) is 5.91 Å². The molecule has 2 N–H and O–H groups in total. The van der Waals surface area contributed by atoms with Crippen LogP contribution in [0.5, 0.6) is 11.5 Å². The van der Waals surface area contributed by atoms with E-state index in [2.05, 4.69) is 5.32 Å². The normalized spacial score (nSPS) is 11.3. The summed E-state index contributed by atoms with van der Waals surface area (Å²) in [5.41, 5.74) is 0.201. The quantitative estimate of drug-likeness (QED) is 0.785. The number of nitrogens with one attached hydrogen (secondary N) is 1. The first-order chi connectivity index (χ1) is 10.2. The molecule has 1 amide bonds. The minimum atomic E-state index is -1.26. The van der Waals surface area contributed by atoms with Crippen LogP contribution in [0.15, 0.2) is 17.8 Å². The zero-order valence-electron chi connectivity index (χ0n) is 12.8.